The second-order valence-electron chi connectivity index (χ2n) is 8.31. The highest BCUT2D eigenvalue weighted by Crippen LogP contribution is 2.36. The van der Waals surface area contributed by atoms with Gasteiger partial charge in [0.15, 0.2) is 0 Å². The lowest BCUT2D eigenvalue weighted by Gasteiger charge is -2.31. The van der Waals surface area contributed by atoms with Crippen molar-refractivity contribution in [1.29, 1.82) is 0 Å². The van der Waals surface area contributed by atoms with Crippen molar-refractivity contribution in [2.75, 3.05) is 20.2 Å². The molecule has 5 nitrogen and oxygen atoms in total. The molecule has 3 heterocycles. The highest BCUT2D eigenvalue weighted by atomic mass is 32.1. The minimum atomic E-state index is 0.0302. The number of carbonyl (C=O) groups excluding carboxylic acids is 1. The molecule has 2 aromatic carbocycles. The van der Waals surface area contributed by atoms with Gasteiger partial charge in [-0.1, -0.05) is 12.1 Å². The number of nitrogens with zero attached hydrogens (tertiary/aromatic N) is 2. The van der Waals surface area contributed by atoms with Gasteiger partial charge in [0.2, 0.25) is 5.91 Å². The van der Waals surface area contributed by atoms with Crippen LogP contribution in [0.1, 0.15) is 41.8 Å². The third kappa shape index (κ3) is 4.04. The number of likely N-dealkylation sites (tertiary alicyclic amines) is 1. The van der Waals surface area contributed by atoms with E-state index in [1.165, 1.54) is 4.70 Å². The molecule has 2 aliphatic heterocycles. The first-order valence-electron chi connectivity index (χ1n) is 10.8. The molecule has 2 atom stereocenters. The Kier molecular flexibility index (Phi) is 5.40. The molecule has 160 valence electrons. The van der Waals surface area contributed by atoms with Gasteiger partial charge in [-0.15, -0.1) is 11.3 Å². The number of benzene rings is 2. The van der Waals surface area contributed by atoms with Gasteiger partial charge >= 0.3 is 0 Å². The number of hydrogen-bond acceptors (Lipinski definition) is 5. The van der Waals surface area contributed by atoms with Crippen LogP contribution in [0.2, 0.25) is 0 Å². The van der Waals surface area contributed by atoms with Gasteiger partial charge < -0.3 is 14.4 Å². The normalized spacial score (nSPS) is 20.8. The van der Waals surface area contributed by atoms with Gasteiger partial charge in [-0.25, -0.2) is 4.98 Å². The Bertz CT molecular complexity index is 1120. The first kappa shape index (κ1) is 20.1. The summed E-state index contributed by atoms with van der Waals surface area (Å²) in [6.45, 7) is 3.56. The van der Waals surface area contributed by atoms with Crippen LogP contribution in [0.5, 0.6) is 11.5 Å². The summed E-state index contributed by atoms with van der Waals surface area (Å²) in [7, 11) is 1.66. The average Bonchev–Trinajstić information content (AvgIpc) is 3.38. The number of fused-ring (bicyclic) bond motifs is 2. The molecule has 5 rings (SSSR count). The number of piperidine rings is 1. The Hall–Kier alpha value is -2.86. The Labute approximate surface area is 186 Å². The zero-order valence-electron chi connectivity index (χ0n) is 17.8. The Balaban J connectivity index is 1.31. The molecule has 0 bridgehead atoms. The predicted molar refractivity (Wildman–Crippen MR) is 124 cm³/mol. The molecule has 1 fully saturated rings. The van der Waals surface area contributed by atoms with Crippen LogP contribution in [0.25, 0.3) is 16.3 Å². The molecule has 0 radical (unpaired) electrons. The van der Waals surface area contributed by atoms with E-state index in [2.05, 4.69) is 19.1 Å². The van der Waals surface area contributed by atoms with Crippen LogP contribution in [-0.2, 0) is 11.2 Å². The van der Waals surface area contributed by atoms with Gasteiger partial charge in [-0.05, 0) is 50.1 Å². The Morgan fingerprint density at radius 3 is 3.03 bits per heavy atom. The molecule has 6 heteroatoms. The van der Waals surface area contributed by atoms with Crippen LogP contribution in [0.3, 0.4) is 0 Å². The number of aromatic nitrogens is 1. The second-order valence-corrected chi connectivity index (χ2v) is 9.37. The molecule has 3 aromatic rings. The summed E-state index contributed by atoms with van der Waals surface area (Å²) in [6, 6.07) is 12.2. The van der Waals surface area contributed by atoms with Crippen molar-refractivity contribution >= 4 is 33.5 Å². The topological polar surface area (TPSA) is 51.7 Å². The molecule has 0 N–H and O–H groups in total. The van der Waals surface area contributed by atoms with E-state index in [1.54, 1.807) is 24.5 Å². The maximum atomic E-state index is 13.0. The van der Waals surface area contributed by atoms with Crippen LogP contribution in [0.15, 0.2) is 42.5 Å². The maximum Gasteiger partial charge on any atom is 0.246 e. The quantitative estimate of drug-likeness (QED) is 0.540. The van der Waals surface area contributed by atoms with Gasteiger partial charge in [0.1, 0.15) is 17.6 Å². The van der Waals surface area contributed by atoms with Crippen molar-refractivity contribution in [3.63, 3.8) is 0 Å². The van der Waals surface area contributed by atoms with E-state index in [0.717, 1.165) is 59.0 Å². The number of para-hydroxylation sites is 1. The van der Waals surface area contributed by atoms with Crippen LogP contribution < -0.4 is 9.47 Å². The Morgan fingerprint density at radius 2 is 2.19 bits per heavy atom. The molecule has 2 unspecified atom stereocenters. The SMILES string of the molecule is COc1cc2c(cc1/C=C/C(=O)N1CCCC(c3nc4ccccc4s3)C1)OC(C)C2. The van der Waals surface area contributed by atoms with E-state index in [-0.39, 0.29) is 12.0 Å². The molecule has 0 spiro atoms. The smallest absolute Gasteiger partial charge is 0.246 e. The highest BCUT2D eigenvalue weighted by Gasteiger charge is 2.26. The molecule has 1 amide bonds. The predicted octanol–water partition coefficient (Wildman–Crippen LogP) is 5.05. The summed E-state index contributed by atoms with van der Waals surface area (Å²) >= 11 is 1.75. The molecule has 2 aliphatic rings. The summed E-state index contributed by atoms with van der Waals surface area (Å²) in [4.78, 5) is 19.7. The van der Waals surface area contributed by atoms with E-state index in [9.17, 15) is 4.79 Å². The van der Waals surface area contributed by atoms with E-state index in [4.69, 9.17) is 14.5 Å². The summed E-state index contributed by atoms with van der Waals surface area (Å²) in [5.41, 5.74) is 3.07. The van der Waals surface area contributed by atoms with Crippen LogP contribution in [-0.4, -0.2) is 42.1 Å². The number of hydrogen-bond donors (Lipinski definition) is 0. The number of ether oxygens (including phenoxy) is 2. The summed E-state index contributed by atoms with van der Waals surface area (Å²) in [5.74, 6) is 1.98. The molecular weight excluding hydrogens is 408 g/mol. The van der Waals surface area contributed by atoms with Crippen LogP contribution in [0.4, 0.5) is 0 Å². The summed E-state index contributed by atoms with van der Waals surface area (Å²) < 4.78 is 12.6. The van der Waals surface area contributed by atoms with Crippen molar-refractivity contribution in [2.45, 2.75) is 38.2 Å². The van der Waals surface area contributed by atoms with E-state index in [0.29, 0.717) is 12.5 Å². The fourth-order valence-electron chi connectivity index (χ4n) is 4.47. The lowest BCUT2D eigenvalue weighted by Crippen LogP contribution is -2.38. The number of carbonyl (C=O) groups is 1. The average molecular weight is 435 g/mol. The van der Waals surface area contributed by atoms with Gasteiger partial charge in [0, 0.05) is 42.6 Å². The number of rotatable bonds is 4. The minimum Gasteiger partial charge on any atom is -0.496 e. The lowest BCUT2D eigenvalue weighted by atomic mass is 9.98. The van der Waals surface area contributed by atoms with Crippen LogP contribution in [0, 0.1) is 0 Å². The molecule has 0 saturated carbocycles. The fraction of sp³-hybridized carbons (Fsp3) is 0.360. The van der Waals surface area contributed by atoms with Crippen molar-refractivity contribution in [1.82, 2.24) is 9.88 Å². The number of thiazole rings is 1. The monoisotopic (exact) mass is 434 g/mol. The molecule has 31 heavy (non-hydrogen) atoms. The van der Waals surface area contributed by atoms with E-state index in [1.807, 2.05) is 35.2 Å². The summed E-state index contributed by atoms with van der Waals surface area (Å²) in [6.07, 6.45) is 6.62. The largest absolute Gasteiger partial charge is 0.496 e. The fourth-order valence-corrected chi connectivity index (χ4v) is 5.57. The van der Waals surface area contributed by atoms with E-state index >= 15 is 0 Å². The number of methoxy groups -OCH3 is 1. The highest BCUT2D eigenvalue weighted by molar-refractivity contribution is 7.18. The van der Waals surface area contributed by atoms with Crippen molar-refractivity contribution in [2.24, 2.45) is 0 Å². The molecule has 1 aromatic heterocycles. The van der Waals surface area contributed by atoms with E-state index < -0.39 is 0 Å². The first-order chi connectivity index (χ1) is 15.1. The summed E-state index contributed by atoms with van der Waals surface area (Å²) in [5, 5.41) is 1.13. The first-order valence-corrected chi connectivity index (χ1v) is 11.6. The van der Waals surface area contributed by atoms with Crippen molar-refractivity contribution < 1.29 is 14.3 Å². The zero-order chi connectivity index (χ0) is 21.4. The maximum absolute atomic E-state index is 13.0. The van der Waals surface area contributed by atoms with Gasteiger partial charge in [-0.2, -0.15) is 0 Å². The standard InChI is InChI=1S/C25H26N2O3S/c1-16-12-19-14-21(29-2)17(13-22(19)30-16)9-10-24(28)27-11-5-6-18(15-27)25-26-20-7-3-4-8-23(20)31-25/h3-4,7-10,13-14,16,18H,5-6,11-12,15H2,1-2H3/b10-9+. The third-order valence-electron chi connectivity index (χ3n) is 6.05. The van der Waals surface area contributed by atoms with Gasteiger partial charge in [0.25, 0.3) is 0 Å². The second kappa shape index (κ2) is 8.35. The molecule has 0 aliphatic carbocycles. The van der Waals surface area contributed by atoms with Gasteiger partial charge in [0.05, 0.1) is 22.3 Å². The zero-order valence-corrected chi connectivity index (χ0v) is 18.7. The van der Waals surface area contributed by atoms with Crippen molar-refractivity contribution in [3.05, 3.63) is 58.6 Å². The van der Waals surface area contributed by atoms with Gasteiger partial charge in [-0.3, -0.25) is 4.79 Å². The van der Waals surface area contributed by atoms with Crippen LogP contribution >= 0.6 is 11.3 Å². The lowest BCUT2D eigenvalue weighted by molar-refractivity contribution is -0.127. The van der Waals surface area contributed by atoms with Crippen molar-refractivity contribution in [3.8, 4) is 11.5 Å². The molecular formula is C25H26N2O3S. The molecule has 1 saturated heterocycles. The minimum absolute atomic E-state index is 0.0302. The third-order valence-corrected chi connectivity index (χ3v) is 7.25. The Morgan fingerprint density at radius 1 is 1.32 bits per heavy atom. The number of amides is 1.